The maximum atomic E-state index is 14.5. The summed E-state index contributed by atoms with van der Waals surface area (Å²) < 4.78 is 60.8. The Morgan fingerprint density at radius 1 is 0.714 bits per heavy atom. The fourth-order valence-corrected chi connectivity index (χ4v) is 27.7. The molecule has 0 aliphatic carbocycles. The van der Waals surface area contributed by atoms with Crippen molar-refractivity contribution in [1.29, 1.82) is 0 Å². The molecule has 0 fully saturated rings. The maximum absolute atomic E-state index is 14.5. The second-order valence-electron chi connectivity index (χ2n) is 11.6. The van der Waals surface area contributed by atoms with Gasteiger partial charge in [-0.3, -0.25) is 0 Å². The van der Waals surface area contributed by atoms with Crippen molar-refractivity contribution in [3.05, 3.63) is 84.5 Å². The Morgan fingerprint density at radius 3 is 1.52 bits per heavy atom. The van der Waals surface area contributed by atoms with E-state index < -0.39 is 42.1 Å². The fraction of sp³-hybridized carbons (Fsp3) is 0.529. The van der Waals surface area contributed by atoms with Gasteiger partial charge in [-0.1, -0.05) is 0 Å². The van der Waals surface area contributed by atoms with Crippen molar-refractivity contribution in [2.45, 2.75) is 111 Å². The summed E-state index contributed by atoms with van der Waals surface area (Å²) in [6, 6.07) is 15.8. The summed E-state index contributed by atoms with van der Waals surface area (Å²) in [5.74, 6) is 0. The van der Waals surface area contributed by atoms with Crippen molar-refractivity contribution in [2.24, 2.45) is 0 Å². The molecule has 42 heavy (non-hydrogen) atoms. The molecule has 1 N–H and O–H groups in total. The van der Waals surface area contributed by atoms with Crippen LogP contribution in [0.1, 0.15) is 79.1 Å². The van der Waals surface area contributed by atoms with Gasteiger partial charge in [0, 0.05) is 0 Å². The Kier molecular flexibility index (Phi) is 15.6. The van der Waals surface area contributed by atoms with Crippen LogP contribution in [-0.2, 0) is 19.7 Å². The Bertz CT molecular complexity index is 1240. The predicted octanol–water partition coefficient (Wildman–Crippen LogP) is 8.75. The minimum absolute atomic E-state index is 0.0182. The van der Waals surface area contributed by atoms with Crippen LogP contribution in [0.25, 0.3) is 0 Å². The van der Waals surface area contributed by atoms with Crippen LogP contribution in [0.4, 0.5) is 0 Å². The molecule has 234 valence electrons. The van der Waals surface area contributed by atoms with Crippen LogP contribution in [0, 0.1) is 0 Å². The number of rotatable bonds is 20. The molecule has 2 aromatic carbocycles. The normalized spacial score (nSPS) is 13.6. The van der Waals surface area contributed by atoms with E-state index in [2.05, 4.69) is 27.7 Å². The van der Waals surface area contributed by atoms with Gasteiger partial charge in [-0.15, -0.1) is 0 Å². The SMILES string of the molecule is CCC[CH2][Sn]([CH2]CCC)([CH2]CCC)[CH2]/C(C)=C/CC(C/C=C\CO)(S(=O)(=O)c1ccccc1)S(=O)(=O)c1ccccc1. The van der Waals surface area contributed by atoms with E-state index in [1.807, 2.05) is 6.08 Å². The number of sulfone groups is 2. The standard InChI is InChI=1S/C22H25O5S2.3C4H9.Sn/c1-19(2)15-17-22(16-9-10-18-23,28(24,25)20-11-5-3-6-12-20)29(26,27)21-13-7-4-8-14-21;3*1-3-4-2;/h3-15,23H,1,16-18H2,2H3;3*1,3-4H2,2H3;/b10-9-,19-15-;;;;. The molecule has 0 unspecified atom stereocenters. The first kappa shape index (κ1) is 36.8. The van der Waals surface area contributed by atoms with Gasteiger partial charge < -0.3 is 0 Å². The summed E-state index contributed by atoms with van der Waals surface area (Å²) >= 11 is -2.61. The van der Waals surface area contributed by atoms with Gasteiger partial charge in [0.25, 0.3) is 0 Å². The monoisotopic (exact) mass is 724 g/mol. The zero-order valence-electron chi connectivity index (χ0n) is 26.1. The van der Waals surface area contributed by atoms with Gasteiger partial charge in [-0.25, -0.2) is 0 Å². The third-order valence-electron chi connectivity index (χ3n) is 8.38. The quantitative estimate of drug-likeness (QED) is 0.109. The van der Waals surface area contributed by atoms with Crippen LogP contribution in [0.15, 0.2) is 94.3 Å². The average Bonchev–Trinajstić information content (AvgIpc) is 3.00. The van der Waals surface area contributed by atoms with Gasteiger partial charge in [-0.2, -0.15) is 0 Å². The van der Waals surface area contributed by atoms with E-state index in [-0.39, 0.29) is 29.2 Å². The average molecular weight is 724 g/mol. The number of hydrogen-bond acceptors (Lipinski definition) is 5. The van der Waals surface area contributed by atoms with E-state index in [1.165, 1.54) is 88.3 Å². The molecule has 0 radical (unpaired) electrons. The molecule has 0 heterocycles. The summed E-state index contributed by atoms with van der Waals surface area (Å²) in [5.41, 5.74) is 1.12. The van der Waals surface area contributed by atoms with Gasteiger partial charge in [-0.05, 0) is 0 Å². The van der Waals surface area contributed by atoms with E-state index >= 15 is 0 Å². The Morgan fingerprint density at radius 2 is 1.14 bits per heavy atom. The molecule has 8 heteroatoms. The molecule has 0 aliphatic heterocycles. The molecule has 0 bridgehead atoms. The predicted molar refractivity (Wildman–Crippen MR) is 179 cm³/mol. The van der Waals surface area contributed by atoms with Crippen molar-refractivity contribution in [1.82, 2.24) is 0 Å². The van der Waals surface area contributed by atoms with Gasteiger partial charge >= 0.3 is 262 Å². The van der Waals surface area contributed by atoms with Crippen LogP contribution in [-0.4, -0.2) is 51.0 Å². The number of benzene rings is 2. The number of aliphatic hydroxyl groups excluding tert-OH is 1. The van der Waals surface area contributed by atoms with Gasteiger partial charge in [0.2, 0.25) is 0 Å². The van der Waals surface area contributed by atoms with E-state index in [9.17, 15) is 21.9 Å². The third kappa shape index (κ3) is 9.29. The van der Waals surface area contributed by atoms with Gasteiger partial charge in [0.15, 0.2) is 0 Å². The Balaban J connectivity index is 2.74. The number of unbranched alkanes of at least 4 members (excludes halogenated alkanes) is 3. The first-order valence-corrected chi connectivity index (χ1v) is 26.6. The summed E-state index contributed by atoms with van der Waals surface area (Å²) in [7, 11) is -8.76. The second kappa shape index (κ2) is 17.8. The van der Waals surface area contributed by atoms with Gasteiger partial charge in [0.1, 0.15) is 0 Å². The molecule has 2 aromatic rings. The molecule has 5 nitrogen and oxygen atoms in total. The summed E-state index contributed by atoms with van der Waals surface area (Å²) in [6.07, 6.45) is 11.6. The van der Waals surface area contributed by atoms with E-state index in [0.717, 1.165) is 10.0 Å². The molecule has 2 rings (SSSR count). The van der Waals surface area contributed by atoms with Crippen LogP contribution in [0.5, 0.6) is 0 Å². The Labute approximate surface area is 260 Å². The van der Waals surface area contributed by atoms with E-state index in [0.29, 0.717) is 0 Å². The molecule has 0 saturated heterocycles. The Hall–Kier alpha value is -1.42. The summed E-state index contributed by atoms with van der Waals surface area (Å²) in [6.45, 7) is 8.52. The van der Waals surface area contributed by atoms with Crippen LogP contribution < -0.4 is 0 Å². The van der Waals surface area contributed by atoms with Crippen molar-refractivity contribution >= 4 is 38.1 Å². The molecule has 0 aliphatic rings. The molecule has 0 atom stereocenters. The molecule has 0 aromatic heterocycles. The summed E-state index contributed by atoms with van der Waals surface area (Å²) in [5, 5.41) is 9.47. The first-order chi connectivity index (χ1) is 20.1. The number of aliphatic hydroxyl groups is 1. The summed E-state index contributed by atoms with van der Waals surface area (Å²) in [4.78, 5) is -0.0365. The van der Waals surface area contributed by atoms with Crippen LogP contribution in [0.3, 0.4) is 0 Å². The molecular formula is C34H52O5S2Sn. The minimum atomic E-state index is -4.38. The van der Waals surface area contributed by atoms with E-state index in [1.54, 1.807) is 36.4 Å². The van der Waals surface area contributed by atoms with Crippen molar-refractivity contribution in [3.8, 4) is 0 Å². The molecular weight excluding hydrogens is 671 g/mol. The molecule has 0 spiro atoms. The van der Waals surface area contributed by atoms with Crippen LogP contribution >= 0.6 is 0 Å². The van der Waals surface area contributed by atoms with Gasteiger partial charge in [0.05, 0.1) is 0 Å². The first-order valence-electron chi connectivity index (χ1n) is 15.6. The van der Waals surface area contributed by atoms with Crippen LogP contribution in [0.2, 0.25) is 17.7 Å². The number of hydrogen-bond donors (Lipinski definition) is 1. The zero-order chi connectivity index (χ0) is 31.1. The topological polar surface area (TPSA) is 88.5 Å². The molecule has 0 amide bonds. The molecule has 0 saturated carbocycles. The third-order valence-corrected chi connectivity index (χ3v) is 30.0. The fourth-order valence-electron chi connectivity index (χ4n) is 5.92. The second-order valence-corrected chi connectivity index (χ2v) is 30.3. The van der Waals surface area contributed by atoms with Crippen molar-refractivity contribution < 1.29 is 21.9 Å². The number of allylic oxidation sites excluding steroid dienone is 3. The van der Waals surface area contributed by atoms with Crippen molar-refractivity contribution in [2.75, 3.05) is 6.61 Å². The zero-order valence-corrected chi connectivity index (χ0v) is 30.6. The van der Waals surface area contributed by atoms with Crippen molar-refractivity contribution in [3.63, 3.8) is 0 Å². The van der Waals surface area contributed by atoms with E-state index in [4.69, 9.17) is 0 Å².